The summed E-state index contributed by atoms with van der Waals surface area (Å²) in [7, 11) is 1.72. The number of nitriles is 1. The molecule has 1 saturated carbocycles. The van der Waals surface area contributed by atoms with Gasteiger partial charge >= 0.3 is 0 Å². The highest BCUT2D eigenvalue weighted by atomic mass is 35.5. The molecule has 37 heavy (non-hydrogen) atoms. The Hall–Kier alpha value is -2.44. The van der Waals surface area contributed by atoms with E-state index in [1.807, 2.05) is 6.07 Å². The number of ether oxygens (including phenoxy) is 2. The molecule has 0 amide bonds. The van der Waals surface area contributed by atoms with Gasteiger partial charge in [0.2, 0.25) is 0 Å². The lowest BCUT2D eigenvalue weighted by atomic mass is 9.81. The Morgan fingerprint density at radius 3 is 2.62 bits per heavy atom. The van der Waals surface area contributed by atoms with E-state index in [0.717, 1.165) is 31.4 Å². The van der Waals surface area contributed by atoms with Crippen LogP contribution >= 0.6 is 11.6 Å². The van der Waals surface area contributed by atoms with Crippen LogP contribution in [-0.2, 0) is 9.47 Å². The van der Waals surface area contributed by atoms with E-state index in [4.69, 9.17) is 21.1 Å². The summed E-state index contributed by atoms with van der Waals surface area (Å²) in [6.07, 6.45) is 7.13. The zero-order valence-corrected chi connectivity index (χ0v) is 22.4. The minimum Gasteiger partial charge on any atom is -0.383 e. The Labute approximate surface area is 224 Å². The molecule has 0 bridgehead atoms. The van der Waals surface area contributed by atoms with Crippen molar-refractivity contribution in [2.45, 2.75) is 63.6 Å². The Bertz CT molecular complexity index is 1080. The van der Waals surface area contributed by atoms with E-state index in [1.165, 1.54) is 6.07 Å². The van der Waals surface area contributed by atoms with E-state index in [-0.39, 0.29) is 5.82 Å². The van der Waals surface area contributed by atoms with Crippen LogP contribution in [0.25, 0.3) is 11.1 Å². The van der Waals surface area contributed by atoms with E-state index < -0.39 is 5.41 Å². The molecule has 2 aliphatic rings. The molecule has 200 valence electrons. The number of hydrogen-bond donors (Lipinski definition) is 3. The quantitative estimate of drug-likeness (QED) is 0.368. The van der Waals surface area contributed by atoms with Crippen molar-refractivity contribution in [1.82, 2.24) is 10.3 Å². The fraction of sp³-hybridized carbons (Fsp3) is 0.571. The van der Waals surface area contributed by atoms with E-state index in [9.17, 15) is 9.65 Å². The number of pyridine rings is 1. The molecule has 3 N–H and O–H groups in total. The van der Waals surface area contributed by atoms with Crippen molar-refractivity contribution < 1.29 is 13.9 Å². The van der Waals surface area contributed by atoms with Gasteiger partial charge in [-0.25, -0.2) is 9.37 Å². The van der Waals surface area contributed by atoms with Crippen LogP contribution in [0.3, 0.4) is 0 Å². The van der Waals surface area contributed by atoms with Crippen molar-refractivity contribution in [3.63, 3.8) is 0 Å². The van der Waals surface area contributed by atoms with Gasteiger partial charge in [-0.05, 0) is 69.7 Å². The van der Waals surface area contributed by atoms with Gasteiger partial charge in [0.1, 0.15) is 11.6 Å². The van der Waals surface area contributed by atoms with Gasteiger partial charge in [0.15, 0.2) is 0 Å². The summed E-state index contributed by atoms with van der Waals surface area (Å²) < 4.78 is 25.6. The first kappa shape index (κ1) is 27.6. The Balaban J connectivity index is 1.41. The fourth-order valence-corrected chi connectivity index (χ4v) is 5.45. The number of methoxy groups -OCH3 is 1. The predicted molar refractivity (Wildman–Crippen MR) is 145 cm³/mol. The van der Waals surface area contributed by atoms with Gasteiger partial charge in [0.25, 0.3) is 0 Å². The molecule has 9 heteroatoms. The number of halogens is 2. The number of aromatic nitrogens is 1. The average Bonchev–Trinajstić information content (AvgIpc) is 2.91. The van der Waals surface area contributed by atoms with Crippen molar-refractivity contribution in [2.24, 2.45) is 5.41 Å². The molecule has 0 spiro atoms. The number of benzene rings is 1. The predicted octanol–water partition coefficient (Wildman–Crippen LogP) is 5.62. The molecule has 1 atom stereocenters. The second-order valence-corrected chi connectivity index (χ2v) is 10.7. The van der Waals surface area contributed by atoms with Crippen molar-refractivity contribution in [3.8, 4) is 17.2 Å². The Morgan fingerprint density at radius 1 is 1.19 bits per heavy atom. The third-order valence-corrected chi connectivity index (χ3v) is 7.75. The molecule has 1 saturated heterocycles. The van der Waals surface area contributed by atoms with Crippen molar-refractivity contribution in [2.75, 3.05) is 44.1 Å². The Kier molecular flexibility index (Phi) is 9.60. The molecule has 4 rings (SSSR count). The van der Waals surface area contributed by atoms with Gasteiger partial charge in [-0.3, -0.25) is 0 Å². The number of nitrogens with one attached hydrogen (secondary N) is 3. The standard InChI is InChI=1S/C28H37ClFN5O2/c1-19(16-36-2)34-20-3-5-21(6-4-20)35-27-14-23(25(29)15-32-27)24-13-22(7-8-26(24)30)33-18-28(17-31)9-11-37-12-10-28/h7-8,13-15,19-21,33-34H,3-6,9-12,16,18H2,1-2H3,(H,32,35). The third kappa shape index (κ3) is 7.32. The van der Waals surface area contributed by atoms with Crippen LogP contribution in [0.4, 0.5) is 15.9 Å². The summed E-state index contributed by atoms with van der Waals surface area (Å²) in [5.74, 6) is 0.328. The molecular weight excluding hydrogens is 493 g/mol. The monoisotopic (exact) mass is 529 g/mol. The summed E-state index contributed by atoms with van der Waals surface area (Å²) in [6, 6.07) is 10.3. The molecule has 1 aliphatic heterocycles. The molecule has 1 unspecified atom stereocenters. The molecule has 2 heterocycles. The first-order valence-electron chi connectivity index (χ1n) is 13.1. The maximum absolute atomic E-state index is 15.0. The van der Waals surface area contributed by atoms with Crippen LogP contribution in [0.15, 0.2) is 30.5 Å². The largest absolute Gasteiger partial charge is 0.383 e. The van der Waals surface area contributed by atoms with Gasteiger partial charge in [0.05, 0.1) is 23.1 Å². The molecule has 1 aromatic heterocycles. The van der Waals surface area contributed by atoms with E-state index in [0.29, 0.717) is 79.3 Å². The molecule has 0 radical (unpaired) electrons. The lowest BCUT2D eigenvalue weighted by molar-refractivity contribution is 0.0456. The van der Waals surface area contributed by atoms with E-state index >= 15 is 0 Å². The SMILES string of the molecule is COCC(C)NC1CCC(Nc2cc(-c3cc(NCC4(C#N)CCOCC4)ccc3F)c(Cl)cn2)CC1. The zero-order chi connectivity index (χ0) is 26.3. The highest BCUT2D eigenvalue weighted by molar-refractivity contribution is 6.33. The molecule has 2 fully saturated rings. The number of rotatable bonds is 10. The second-order valence-electron chi connectivity index (χ2n) is 10.3. The number of nitrogens with zero attached hydrogens (tertiary/aromatic N) is 2. The lowest BCUT2D eigenvalue weighted by Gasteiger charge is -2.32. The summed E-state index contributed by atoms with van der Waals surface area (Å²) >= 11 is 6.48. The van der Waals surface area contributed by atoms with Crippen LogP contribution < -0.4 is 16.0 Å². The van der Waals surface area contributed by atoms with Crippen LogP contribution in [0.5, 0.6) is 0 Å². The minimum absolute atomic E-state index is 0.303. The second kappa shape index (κ2) is 12.9. The molecule has 7 nitrogen and oxygen atoms in total. The van der Waals surface area contributed by atoms with Crippen molar-refractivity contribution in [1.29, 1.82) is 5.26 Å². The van der Waals surface area contributed by atoms with Crippen molar-refractivity contribution >= 4 is 23.1 Å². The smallest absolute Gasteiger partial charge is 0.131 e. The normalized spacial score (nSPS) is 22.1. The topological polar surface area (TPSA) is 91.2 Å². The molecule has 2 aromatic rings. The maximum atomic E-state index is 15.0. The van der Waals surface area contributed by atoms with Gasteiger partial charge in [0, 0.05) is 68.0 Å². The number of hydrogen-bond acceptors (Lipinski definition) is 7. The molecule has 1 aliphatic carbocycles. The van der Waals surface area contributed by atoms with Crippen LogP contribution in [-0.4, -0.2) is 56.6 Å². The van der Waals surface area contributed by atoms with E-state index in [2.05, 4.69) is 33.9 Å². The van der Waals surface area contributed by atoms with E-state index in [1.54, 1.807) is 25.4 Å². The first-order valence-corrected chi connectivity index (χ1v) is 13.5. The van der Waals surface area contributed by atoms with Crippen LogP contribution in [0, 0.1) is 22.6 Å². The van der Waals surface area contributed by atoms with Gasteiger partial charge < -0.3 is 25.4 Å². The minimum atomic E-state index is -0.478. The van der Waals surface area contributed by atoms with Crippen LogP contribution in [0.2, 0.25) is 5.02 Å². The van der Waals surface area contributed by atoms with Crippen LogP contribution in [0.1, 0.15) is 45.4 Å². The zero-order valence-electron chi connectivity index (χ0n) is 21.7. The summed E-state index contributed by atoms with van der Waals surface area (Å²) in [6.45, 7) is 4.49. The maximum Gasteiger partial charge on any atom is 0.131 e. The Morgan fingerprint density at radius 2 is 1.92 bits per heavy atom. The average molecular weight is 530 g/mol. The van der Waals surface area contributed by atoms with Gasteiger partial charge in [-0.1, -0.05) is 11.6 Å². The summed E-state index contributed by atoms with van der Waals surface area (Å²) in [4.78, 5) is 4.46. The first-order chi connectivity index (χ1) is 17.9. The summed E-state index contributed by atoms with van der Waals surface area (Å²) in [5, 5.41) is 20.6. The number of anilines is 2. The van der Waals surface area contributed by atoms with Gasteiger partial charge in [-0.2, -0.15) is 5.26 Å². The fourth-order valence-electron chi connectivity index (χ4n) is 5.24. The third-order valence-electron chi connectivity index (χ3n) is 7.45. The summed E-state index contributed by atoms with van der Waals surface area (Å²) in [5.41, 5.74) is 1.26. The van der Waals surface area contributed by atoms with Crippen molar-refractivity contribution in [3.05, 3.63) is 41.3 Å². The molecule has 1 aromatic carbocycles. The highest BCUT2D eigenvalue weighted by Gasteiger charge is 2.32. The highest BCUT2D eigenvalue weighted by Crippen LogP contribution is 2.35. The van der Waals surface area contributed by atoms with Gasteiger partial charge in [-0.15, -0.1) is 0 Å². The molecular formula is C28H37ClFN5O2. The lowest BCUT2D eigenvalue weighted by Crippen LogP contribution is -2.42.